The predicted octanol–water partition coefficient (Wildman–Crippen LogP) is 14.2. The van der Waals surface area contributed by atoms with Gasteiger partial charge >= 0.3 is 0 Å². The summed E-state index contributed by atoms with van der Waals surface area (Å²) >= 11 is 1.87. The molecule has 0 saturated carbocycles. The maximum atomic E-state index is 2.51. The summed E-state index contributed by atoms with van der Waals surface area (Å²) in [6, 6.07) is 70.4. The summed E-state index contributed by atoms with van der Waals surface area (Å²) < 4.78 is 2.62. The van der Waals surface area contributed by atoms with Gasteiger partial charge in [0, 0.05) is 37.2 Å². The zero-order chi connectivity index (χ0) is 34.7. The highest BCUT2D eigenvalue weighted by Crippen LogP contribution is 2.64. The Balaban J connectivity index is 1.17. The maximum absolute atomic E-state index is 2.51. The highest BCUT2D eigenvalue weighted by molar-refractivity contribution is 7.25. The number of fused-ring (bicyclic) bond motifs is 16. The van der Waals surface area contributed by atoms with E-state index in [1.165, 1.54) is 86.2 Å². The molecule has 246 valence electrons. The first-order chi connectivity index (χ1) is 26.3. The van der Waals surface area contributed by atoms with Gasteiger partial charge in [0.15, 0.2) is 0 Å². The third kappa shape index (κ3) is 3.91. The maximum Gasteiger partial charge on any atom is 0.0732 e. The summed E-state index contributed by atoms with van der Waals surface area (Å²) in [5, 5.41) is 7.69. The number of thiophene rings is 1. The van der Waals surface area contributed by atoms with Crippen LogP contribution < -0.4 is 4.90 Å². The quantitative estimate of drug-likeness (QED) is 0.178. The van der Waals surface area contributed by atoms with Crippen LogP contribution in [-0.2, 0) is 5.41 Å². The molecule has 2 heteroatoms. The molecule has 0 amide bonds. The number of nitrogens with zero attached hydrogens (tertiary/aromatic N) is 1. The zero-order valence-corrected chi connectivity index (χ0v) is 29.6. The smallest absolute Gasteiger partial charge is 0.0732 e. The zero-order valence-electron chi connectivity index (χ0n) is 28.8. The number of hydrogen-bond donors (Lipinski definition) is 0. The molecule has 0 unspecified atom stereocenters. The highest BCUT2D eigenvalue weighted by atomic mass is 32.1. The van der Waals surface area contributed by atoms with Crippen molar-refractivity contribution in [3.63, 3.8) is 0 Å². The van der Waals surface area contributed by atoms with Crippen molar-refractivity contribution in [2.24, 2.45) is 0 Å². The van der Waals surface area contributed by atoms with Crippen molar-refractivity contribution < 1.29 is 0 Å². The van der Waals surface area contributed by atoms with Crippen LogP contribution in [0.25, 0.3) is 64.0 Å². The van der Waals surface area contributed by atoms with Gasteiger partial charge in [0.25, 0.3) is 0 Å². The molecule has 9 aromatic carbocycles. The Morgan fingerprint density at radius 3 is 1.72 bits per heavy atom. The van der Waals surface area contributed by atoms with Gasteiger partial charge < -0.3 is 4.90 Å². The van der Waals surface area contributed by atoms with Crippen molar-refractivity contribution >= 4 is 70.1 Å². The van der Waals surface area contributed by atoms with E-state index < -0.39 is 5.41 Å². The molecule has 2 aliphatic rings. The van der Waals surface area contributed by atoms with Crippen LogP contribution in [0.1, 0.15) is 22.3 Å². The number of anilines is 3. The SMILES string of the molecule is c1ccc2c(c1)-c1ccccc1C21c2cc(N(c3ccc4ccccc4c3)c3ccc4c(c3)sc3ccccc34)ccc2-c2ccc3ccccc3c21. The van der Waals surface area contributed by atoms with Crippen LogP contribution in [0.5, 0.6) is 0 Å². The molecule has 1 nitrogen and oxygen atoms in total. The van der Waals surface area contributed by atoms with E-state index >= 15 is 0 Å². The lowest BCUT2D eigenvalue weighted by Gasteiger charge is -2.33. The average Bonchev–Trinajstić information content (AvgIpc) is 3.84. The minimum absolute atomic E-state index is 0.459. The van der Waals surface area contributed by atoms with E-state index in [0.29, 0.717) is 0 Å². The monoisotopic (exact) mass is 689 g/mol. The Morgan fingerprint density at radius 2 is 0.887 bits per heavy atom. The molecular formula is C51H31NS. The van der Waals surface area contributed by atoms with Crippen molar-refractivity contribution in [2.45, 2.75) is 5.41 Å². The lowest BCUT2D eigenvalue weighted by molar-refractivity contribution is 0.801. The molecule has 0 N–H and O–H groups in total. The van der Waals surface area contributed by atoms with Crippen molar-refractivity contribution in [3.05, 3.63) is 210 Å². The second-order valence-corrected chi connectivity index (χ2v) is 15.5. The Bertz CT molecular complexity index is 3100. The molecule has 10 aromatic rings. The molecule has 1 aromatic heterocycles. The Hall–Kier alpha value is -6.48. The molecular weight excluding hydrogens is 659 g/mol. The molecule has 0 fully saturated rings. The fourth-order valence-corrected chi connectivity index (χ4v) is 10.8. The third-order valence-electron chi connectivity index (χ3n) is 11.8. The van der Waals surface area contributed by atoms with Crippen molar-refractivity contribution in [3.8, 4) is 22.3 Å². The van der Waals surface area contributed by atoms with Crippen molar-refractivity contribution in [1.29, 1.82) is 0 Å². The van der Waals surface area contributed by atoms with Crippen LogP contribution in [0.4, 0.5) is 17.1 Å². The molecule has 12 rings (SSSR count). The van der Waals surface area contributed by atoms with Crippen LogP contribution >= 0.6 is 11.3 Å². The van der Waals surface area contributed by atoms with Gasteiger partial charge in [-0.3, -0.25) is 0 Å². The van der Waals surface area contributed by atoms with E-state index in [2.05, 4.69) is 193 Å². The van der Waals surface area contributed by atoms with Gasteiger partial charge in [0.05, 0.1) is 5.41 Å². The number of rotatable bonds is 3. The van der Waals surface area contributed by atoms with Gasteiger partial charge in [0.2, 0.25) is 0 Å². The molecule has 0 aliphatic heterocycles. The van der Waals surface area contributed by atoms with Crippen LogP contribution in [-0.4, -0.2) is 0 Å². The molecule has 2 aliphatic carbocycles. The molecule has 0 atom stereocenters. The first kappa shape index (κ1) is 29.1. The summed E-state index contributed by atoms with van der Waals surface area (Å²) in [6.45, 7) is 0. The fourth-order valence-electron chi connectivity index (χ4n) is 9.66. The molecule has 0 saturated heterocycles. The molecule has 1 spiro atoms. The van der Waals surface area contributed by atoms with Gasteiger partial charge in [-0.1, -0.05) is 146 Å². The standard InChI is InChI=1S/C51H31NS/c1-2-13-34-29-35(23-21-32(34)11-1)52(37-25-28-43-42-17-7-10-20-48(42)53-49(43)31-37)36-24-27-41-44-26-22-33-12-3-4-14-38(33)50(44)51(47(41)30-36)45-18-8-5-15-39(45)40-16-6-9-19-46(40)51/h1-31H. The summed E-state index contributed by atoms with van der Waals surface area (Å²) in [7, 11) is 0. The first-order valence-corrected chi connectivity index (χ1v) is 19.2. The van der Waals surface area contributed by atoms with Gasteiger partial charge in [0.1, 0.15) is 0 Å². The highest BCUT2D eigenvalue weighted by Gasteiger charge is 2.52. The fraction of sp³-hybridized carbons (Fsp3) is 0.0196. The summed E-state index contributed by atoms with van der Waals surface area (Å²) in [6.07, 6.45) is 0. The minimum Gasteiger partial charge on any atom is -0.310 e. The Kier molecular flexibility index (Phi) is 5.92. The van der Waals surface area contributed by atoms with E-state index in [1.54, 1.807) is 0 Å². The lowest BCUT2D eigenvalue weighted by Crippen LogP contribution is -2.26. The number of hydrogen-bond acceptors (Lipinski definition) is 2. The van der Waals surface area contributed by atoms with Gasteiger partial charge in [-0.15, -0.1) is 11.3 Å². The van der Waals surface area contributed by atoms with Crippen LogP contribution in [0.2, 0.25) is 0 Å². The minimum atomic E-state index is -0.459. The Labute approximate surface area is 311 Å². The average molecular weight is 690 g/mol. The second kappa shape index (κ2) is 10.8. The topological polar surface area (TPSA) is 3.24 Å². The summed E-state index contributed by atoms with van der Waals surface area (Å²) in [5.74, 6) is 0. The predicted molar refractivity (Wildman–Crippen MR) is 225 cm³/mol. The van der Waals surface area contributed by atoms with Crippen LogP contribution in [0, 0.1) is 0 Å². The van der Waals surface area contributed by atoms with E-state index in [0.717, 1.165) is 17.1 Å². The molecule has 0 radical (unpaired) electrons. The summed E-state index contributed by atoms with van der Waals surface area (Å²) in [5.41, 5.74) is 13.7. The van der Waals surface area contributed by atoms with Crippen LogP contribution in [0.3, 0.4) is 0 Å². The van der Waals surface area contributed by atoms with Gasteiger partial charge in [-0.2, -0.15) is 0 Å². The van der Waals surface area contributed by atoms with E-state index in [4.69, 9.17) is 0 Å². The Morgan fingerprint density at radius 1 is 0.340 bits per heavy atom. The van der Waals surface area contributed by atoms with Crippen molar-refractivity contribution in [1.82, 2.24) is 0 Å². The molecule has 0 bridgehead atoms. The van der Waals surface area contributed by atoms with Crippen molar-refractivity contribution in [2.75, 3.05) is 4.90 Å². The second-order valence-electron chi connectivity index (χ2n) is 14.4. The normalized spacial score (nSPS) is 13.4. The van der Waals surface area contributed by atoms with E-state index in [1.807, 2.05) is 11.3 Å². The lowest BCUT2D eigenvalue weighted by atomic mass is 9.69. The van der Waals surface area contributed by atoms with Crippen LogP contribution in [0.15, 0.2) is 188 Å². The van der Waals surface area contributed by atoms with E-state index in [-0.39, 0.29) is 0 Å². The largest absolute Gasteiger partial charge is 0.310 e. The molecule has 53 heavy (non-hydrogen) atoms. The first-order valence-electron chi connectivity index (χ1n) is 18.3. The van der Waals surface area contributed by atoms with Gasteiger partial charge in [-0.25, -0.2) is 0 Å². The van der Waals surface area contributed by atoms with E-state index in [9.17, 15) is 0 Å². The van der Waals surface area contributed by atoms with Gasteiger partial charge in [-0.05, 0) is 109 Å². The molecule has 1 heterocycles. The summed E-state index contributed by atoms with van der Waals surface area (Å²) in [4.78, 5) is 2.47. The number of benzene rings is 9. The third-order valence-corrected chi connectivity index (χ3v) is 13.0.